The second kappa shape index (κ2) is 7.74. The van der Waals surface area contributed by atoms with Gasteiger partial charge in [0.15, 0.2) is 0 Å². The van der Waals surface area contributed by atoms with Crippen LogP contribution >= 0.6 is 0 Å². The number of aryl methyl sites for hydroxylation is 1. The number of carbonyl (C=O) groups is 1. The van der Waals surface area contributed by atoms with Crippen LogP contribution in [0, 0.1) is 12.8 Å². The molecular formula is C20H27F3N4O2. The van der Waals surface area contributed by atoms with Gasteiger partial charge < -0.3 is 15.0 Å². The summed E-state index contributed by atoms with van der Waals surface area (Å²) in [6.45, 7) is 3.29. The molecule has 3 heterocycles. The molecule has 29 heavy (non-hydrogen) atoms. The van der Waals surface area contributed by atoms with Gasteiger partial charge in [-0.05, 0) is 45.1 Å². The van der Waals surface area contributed by atoms with E-state index in [1.807, 2.05) is 4.90 Å². The van der Waals surface area contributed by atoms with Gasteiger partial charge in [-0.1, -0.05) is 12.8 Å². The molecule has 1 aromatic heterocycles. The molecule has 1 atom stereocenters. The van der Waals surface area contributed by atoms with Crippen molar-refractivity contribution >= 4 is 11.9 Å². The molecule has 3 aliphatic rings. The normalized spacial score (nSPS) is 25.0. The summed E-state index contributed by atoms with van der Waals surface area (Å²) in [5, 5.41) is 3.23. The highest BCUT2D eigenvalue weighted by Gasteiger charge is 2.52. The van der Waals surface area contributed by atoms with Gasteiger partial charge in [0.05, 0.1) is 11.6 Å². The Hall–Kier alpha value is -1.90. The van der Waals surface area contributed by atoms with E-state index in [1.165, 1.54) is 0 Å². The smallest absolute Gasteiger partial charge is 0.381 e. The lowest BCUT2D eigenvalue weighted by atomic mass is 9.88. The van der Waals surface area contributed by atoms with Crippen molar-refractivity contribution in [3.8, 4) is 0 Å². The van der Waals surface area contributed by atoms with Gasteiger partial charge in [-0.3, -0.25) is 4.79 Å². The topological polar surface area (TPSA) is 67.4 Å². The summed E-state index contributed by atoms with van der Waals surface area (Å²) in [5.74, 6) is 0.109. The van der Waals surface area contributed by atoms with Crippen LogP contribution in [-0.2, 0) is 15.7 Å². The number of rotatable bonds is 3. The van der Waals surface area contributed by atoms with Crippen molar-refractivity contribution in [1.29, 1.82) is 0 Å². The number of carbonyl (C=O) groups excluding carboxylic acids is 1. The van der Waals surface area contributed by atoms with E-state index in [2.05, 4.69) is 15.3 Å². The highest BCUT2D eigenvalue weighted by Crippen LogP contribution is 2.45. The monoisotopic (exact) mass is 412 g/mol. The number of hydrogen-bond donors (Lipinski definition) is 1. The van der Waals surface area contributed by atoms with Crippen molar-refractivity contribution < 1.29 is 22.7 Å². The molecule has 1 aromatic rings. The highest BCUT2D eigenvalue weighted by molar-refractivity contribution is 5.79. The molecule has 1 amide bonds. The maximum Gasteiger partial charge on any atom is 0.433 e. The molecule has 1 spiro atoms. The number of nitrogens with one attached hydrogen (secondary N) is 1. The molecule has 0 bridgehead atoms. The van der Waals surface area contributed by atoms with Gasteiger partial charge >= 0.3 is 6.18 Å². The van der Waals surface area contributed by atoms with Crippen LogP contribution in [0.3, 0.4) is 0 Å². The van der Waals surface area contributed by atoms with Crippen LogP contribution in [0.4, 0.5) is 19.1 Å². The third kappa shape index (κ3) is 3.93. The molecular weight excluding hydrogens is 385 g/mol. The Morgan fingerprint density at radius 1 is 1.21 bits per heavy atom. The lowest BCUT2D eigenvalue weighted by Gasteiger charge is -2.40. The minimum absolute atomic E-state index is 0.0348. The summed E-state index contributed by atoms with van der Waals surface area (Å²) in [6, 6.07) is 0.879. The fourth-order valence-corrected chi connectivity index (χ4v) is 5.12. The van der Waals surface area contributed by atoms with Crippen LogP contribution in [0.25, 0.3) is 0 Å². The second-order valence-electron chi connectivity index (χ2n) is 8.39. The summed E-state index contributed by atoms with van der Waals surface area (Å²) in [5.41, 5.74) is -1.02. The fraction of sp³-hybridized carbons (Fsp3) is 0.750. The zero-order chi connectivity index (χ0) is 20.6. The predicted molar refractivity (Wildman–Crippen MR) is 100 cm³/mol. The summed E-state index contributed by atoms with van der Waals surface area (Å²) in [7, 11) is 0. The van der Waals surface area contributed by atoms with E-state index in [4.69, 9.17) is 4.74 Å². The third-order valence-electron chi connectivity index (χ3n) is 6.58. The summed E-state index contributed by atoms with van der Waals surface area (Å²) < 4.78 is 45.2. The lowest BCUT2D eigenvalue weighted by molar-refractivity contribution is -0.141. The Labute approximate surface area is 168 Å². The van der Waals surface area contributed by atoms with Crippen LogP contribution in [-0.4, -0.2) is 47.2 Å². The van der Waals surface area contributed by atoms with E-state index in [0.717, 1.165) is 31.7 Å². The summed E-state index contributed by atoms with van der Waals surface area (Å²) in [6.07, 6.45) is 1.22. The molecule has 1 saturated carbocycles. The molecule has 1 N–H and O–H groups in total. The first-order chi connectivity index (χ1) is 13.8. The van der Waals surface area contributed by atoms with E-state index in [-0.39, 0.29) is 23.8 Å². The standard InChI is InChI=1S/C20H27F3N4O2/c1-13-12-16(20(21,22)23)26-18(24-13)27-9-4-15(19(27)7-2-3-8-19)25-17(28)14-5-10-29-11-6-14/h12,14-15H,2-11H2,1H3,(H,25,28). The van der Waals surface area contributed by atoms with Gasteiger partial charge in [0.25, 0.3) is 0 Å². The molecule has 9 heteroatoms. The van der Waals surface area contributed by atoms with Gasteiger partial charge in [0, 0.05) is 31.4 Å². The first kappa shape index (κ1) is 20.4. The Bertz CT molecular complexity index is 759. The van der Waals surface area contributed by atoms with Gasteiger partial charge in [0.2, 0.25) is 11.9 Å². The molecule has 2 saturated heterocycles. The number of hydrogen-bond acceptors (Lipinski definition) is 5. The second-order valence-corrected chi connectivity index (χ2v) is 8.39. The van der Waals surface area contributed by atoms with E-state index in [9.17, 15) is 18.0 Å². The Morgan fingerprint density at radius 3 is 2.55 bits per heavy atom. The largest absolute Gasteiger partial charge is 0.433 e. The Kier molecular flexibility index (Phi) is 5.44. The van der Waals surface area contributed by atoms with Crippen molar-refractivity contribution in [2.75, 3.05) is 24.7 Å². The first-order valence-corrected chi connectivity index (χ1v) is 10.4. The average Bonchev–Trinajstić information content (AvgIpc) is 3.30. The predicted octanol–water partition coefficient (Wildman–Crippen LogP) is 3.24. The molecule has 4 rings (SSSR count). The van der Waals surface area contributed by atoms with Gasteiger partial charge in [-0.2, -0.15) is 13.2 Å². The Balaban J connectivity index is 1.59. The maximum atomic E-state index is 13.3. The van der Waals surface area contributed by atoms with Gasteiger partial charge in [-0.25, -0.2) is 9.97 Å². The van der Waals surface area contributed by atoms with Crippen LogP contribution in [0.15, 0.2) is 6.07 Å². The van der Waals surface area contributed by atoms with Gasteiger partial charge in [0.1, 0.15) is 5.69 Å². The van der Waals surface area contributed by atoms with Crippen molar-refractivity contribution in [1.82, 2.24) is 15.3 Å². The molecule has 3 fully saturated rings. The van der Waals surface area contributed by atoms with Gasteiger partial charge in [-0.15, -0.1) is 0 Å². The van der Waals surface area contributed by atoms with Crippen LogP contribution in [0.2, 0.25) is 0 Å². The molecule has 1 aliphatic carbocycles. The zero-order valence-electron chi connectivity index (χ0n) is 16.6. The van der Waals surface area contributed by atoms with E-state index >= 15 is 0 Å². The molecule has 1 unspecified atom stereocenters. The van der Waals surface area contributed by atoms with Crippen LogP contribution in [0.5, 0.6) is 0 Å². The molecule has 0 radical (unpaired) electrons. The first-order valence-electron chi connectivity index (χ1n) is 10.4. The molecule has 6 nitrogen and oxygen atoms in total. The molecule has 160 valence electrons. The van der Waals surface area contributed by atoms with E-state index < -0.39 is 17.4 Å². The van der Waals surface area contributed by atoms with Crippen LogP contribution in [0.1, 0.15) is 56.3 Å². The van der Waals surface area contributed by atoms with Crippen molar-refractivity contribution in [2.24, 2.45) is 5.92 Å². The fourth-order valence-electron chi connectivity index (χ4n) is 5.12. The Morgan fingerprint density at radius 2 is 1.90 bits per heavy atom. The summed E-state index contributed by atoms with van der Waals surface area (Å²) >= 11 is 0. The number of alkyl halides is 3. The van der Waals surface area contributed by atoms with E-state index in [0.29, 0.717) is 44.7 Å². The minimum Gasteiger partial charge on any atom is -0.381 e. The SMILES string of the molecule is Cc1cc(C(F)(F)F)nc(N2CCC(NC(=O)C3CCOCC3)C23CCCC3)n1. The number of amides is 1. The zero-order valence-corrected chi connectivity index (χ0v) is 16.6. The minimum atomic E-state index is -4.51. The lowest BCUT2D eigenvalue weighted by Crippen LogP contribution is -2.56. The number of ether oxygens (including phenoxy) is 1. The molecule has 2 aliphatic heterocycles. The maximum absolute atomic E-state index is 13.3. The quantitative estimate of drug-likeness (QED) is 0.826. The average molecular weight is 412 g/mol. The number of nitrogens with zero attached hydrogens (tertiary/aromatic N) is 3. The highest BCUT2D eigenvalue weighted by atomic mass is 19.4. The number of aromatic nitrogens is 2. The van der Waals surface area contributed by atoms with Crippen LogP contribution < -0.4 is 10.2 Å². The molecule has 0 aromatic carbocycles. The van der Waals surface area contributed by atoms with Crippen molar-refractivity contribution in [3.63, 3.8) is 0 Å². The van der Waals surface area contributed by atoms with E-state index in [1.54, 1.807) is 6.92 Å². The van der Waals surface area contributed by atoms with Crippen molar-refractivity contribution in [2.45, 2.75) is 69.6 Å². The number of halogens is 3. The third-order valence-corrected chi connectivity index (χ3v) is 6.58. The number of anilines is 1. The van der Waals surface area contributed by atoms with Crippen molar-refractivity contribution in [3.05, 3.63) is 17.5 Å². The summed E-state index contributed by atoms with van der Waals surface area (Å²) in [4.78, 5) is 22.9.